The molecule has 1 aliphatic rings. The van der Waals surface area contributed by atoms with Gasteiger partial charge in [-0.05, 0) is 77.3 Å². The van der Waals surface area contributed by atoms with Crippen LogP contribution >= 0.6 is 34.8 Å². The second-order valence-electron chi connectivity index (χ2n) is 5.93. The molecule has 1 fully saturated rings. The lowest BCUT2D eigenvalue weighted by atomic mass is 10.1. The molecule has 2 amide bonds. The minimum atomic E-state index is -0.486. The molecule has 7 heteroatoms. The van der Waals surface area contributed by atoms with Crippen molar-refractivity contribution in [1.82, 2.24) is 0 Å². The molecule has 0 aliphatic carbocycles. The smallest absolute Gasteiger partial charge is 0.270 e. The minimum Gasteiger partial charge on any atom is -0.451 e. The zero-order valence-electron chi connectivity index (χ0n) is 14.4. The van der Waals surface area contributed by atoms with Gasteiger partial charge < -0.3 is 4.42 Å². The van der Waals surface area contributed by atoms with Gasteiger partial charge in [0.25, 0.3) is 11.8 Å². The number of amides is 2. The maximum atomic E-state index is 13.2. The van der Waals surface area contributed by atoms with E-state index in [9.17, 15) is 9.59 Å². The summed E-state index contributed by atoms with van der Waals surface area (Å²) in [5.41, 5.74) is 1.16. The molecule has 1 aliphatic heterocycles. The third-order valence-electron chi connectivity index (χ3n) is 4.16. The van der Waals surface area contributed by atoms with E-state index in [-0.39, 0.29) is 10.7 Å². The average molecular weight is 500 g/mol. The Morgan fingerprint density at radius 1 is 0.786 bits per heavy atom. The number of carbonyl (C=O) groups excluding carboxylic acids is 2. The number of carbonyl (C=O) groups is 2. The number of nitrogens with zero attached hydrogens (tertiary/aromatic N) is 2. The van der Waals surface area contributed by atoms with Crippen LogP contribution < -0.4 is 9.80 Å². The van der Waals surface area contributed by atoms with Crippen LogP contribution in [0.25, 0.3) is 6.08 Å². The first-order valence-corrected chi connectivity index (χ1v) is 9.85. The molecule has 28 heavy (non-hydrogen) atoms. The first kappa shape index (κ1) is 18.6. The Labute approximate surface area is 180 Å². The van der Waals surface area contributed by atoms with Crippen LogP contribution in [0.15, 0.2) is 82.8 Å². The fourth-order valence-electron chi connectivity index (χ4n) is 2.89. The van der Waals surface area contributed by atoms with Crippen molar-refractivity contribution in [2.45, 2.75) is 0 Å². The van der Waals surface area contributed by atoms with E-state index >= 15 is 0 Å². The van der Waals surface area contributed by atoms with Gasteiger partial charge in [0.15, 0.2) is 8.88 Å². The number of thiocarbonyl (C=S) groups is 1. The zero-order valence-corrected chi connectivity index (χ0v) is 17.4. The van der Waals surface area contributed by atoms with Crippen LogP contribution in [0.3, 0.4) is 0 Å². The largest absolute Gasteiger partial charge is 0.451 e. The predicted molar refractivity (Wildman–Crippen MR) is 120 cm³/mol. The Morgan fingerprint density at radius 3 is 1.71 bits per heavy atom. The van der Waals surface area contributed by atoms with Crippen molar-refractivity contribution >= 4 is 69.2 Å². The molecule has 4 rings (SSSR count). The van der Waals surface area contributed by atoms with Gasteiger partial charge in [-0.15, -0.1) is 0 Å². The van der Waals surface area contributed by atoms with Crippen LogP contribution in [0.2, 0.25) is 0 Å². The van der Waals surface area contributed by atoms with E-state index < -0.39 is 11.8 Å². The maximum absolute atomic E-state index is 13.2. The molecule has 0 bridgehead atoms. The molecular weight excluding hydrogens is 487 g/mol. The van der Waals surface area contributed by atoms with Gasteiger partial charge in [-0.1, -0.05) is 36.4 Å². The number of furan rings is 1. The van der Waals surface area contributed by atoms with E-state index in [2.05, 4.69) is 0 Å². The number of para-hydroxylation sites is 2. The zero-order chi connectivity index (χ0) is 19.7. The lowest BCUT2D eigenvalue weighted by molar-refractivity contribution is -0.120. The Bertz CT molecular complexity index is 1030. The summed E-state index contributed by atoms with van der Waals surface area (Å²) in [6, 6.07) is 21.5. The second-order valence-corrected chi connectivity index (χ2v) is 7.36. The van der Waals surface area contributed by atoms with Crippen LogP contribution in [0.5, 0.6) is 0 Å². The summed E-state index contributed by atoms with van der Waals surface area (Å²) in [6.07, 6.45) is 1.46. The number of hydrogen-bond donors (Lipinski definition) is 0. The molecule has 138 valence electrons. The molecule has 1 aromatic heterocycles. The van der Waals surface area contributed by atoms with E-state index in [0.717, 1.165) is 0 Å². The number of rotatable bonds is 3. The molecule has 1 saturated heterocycles. The van der Waals surface area contributed by atoms with Crippen molar-refractivity contribution in [3.63, 3.8) is 0 Å². The molecule has 5 nitrogen and oxygen atoms in total. The highest BCUT2D eigenvalue weighted by atomic mass is 127. The molecule has 0 spiro atoms. The topological polar surface area (TPSA) is 53.8 Å². The Balaban J connectivity index is 1.86. The number of halogens is 1. The van der Waals surface area contributed by atoms with Crippen LogP contribution in [0.1, 0.15) is 5.76 Å². The summed E-state index contributed by atoms with van der Waals surface area (Å²) in [6.45, 7) is 0. The van der Waals surface area contributed by atoms with Crippen molar-refractivity contribution in [3.8, 4) is 0 Å². The lowest BCUT2D eigenvalue weighted by Crippen LogP contribution is -2.56. The third kappa shape index (κ3) is 3.38. The quantitative estimate of drug-likeness (QED) is 0.228. The summed E-state index contributed by atoms with van der Waals surface area (Å²) in [5, 5.41) is 0.110. The van der Waals surface area contributed by atoms with Crippen LogP contribution in [-0.4, -0.2) is 16.9 Å². The van der Waals surface area contributed by atoms with Crippen LogP contribution in [0.4, 0.5) is 11.4 Å². The minimum absolute atomic E-state index is 0.0212. The summed E-state index contributed by atoms with van der Waals surface area (Å²) >= 11 is 7.57. The van der Waals surface area contributed by atoms with Gasteiger partial charge in [-0.2, -0.15) is 0 Å². The Kier molecular flexibility index (Phi) is 5.10. The van der Waals surface area contributed by atoms with Gasteiger partial charge in [0.05, 0.1) is 11.4 Å². The van der Waals surface area contributed by atoms with Crippen LogP contribution in [0, 0.1) is 3.77 Å². The van der Waals surface area contributed by atoms with Gasteiger partial charge in [0.1, 0.15) is 11.3 Å². The Hall–Kier alpha value is -2.78. The van der Waals surface area contributed by atoms with E-state index in [1.165, 1.54) is 15.9 Å². The molecule has 0 radical (unpaired) electrons. The van der Waals surface area contributed by atoms with Crippen molar-refractivity contribution in [2.24, 2.45) is 0 Å². The summed E-state index contributed by atoms with van der Waals surface area (Å²) in [4.78, 5) is 29.2. The molecule has 0 atom stereocenters. The molecule has 0 unspecified atom stereocenters. The molecule has 2 heterocycles. The first-order valence-electron chi connectivity index (χ1n) is 8.36. The summed E-state index contributed by atoms with van der Waals surface area (Å²) in [5.74, 6) is -0.547. The molecular formula is C21H13IN2O3S. The lowest BCUT2D eigenvalue weighted by Gasteiger charge is -2.36. The normalized spacial score (nSPS) is 14.6. The van der Waals surface area contributed by atoms with Crippen molar-refractivity contribution in [1.29, 1.82) is 0 Å². The predicted octanol–water partition coefficient (Wildman–Crippen LogP) is 4.63. The average Bonchev–Trinajstić information content (AvgIpc) is 3.12. The fraction of sp³-hybridized carbons (Fsp3) is 0. The van der Waals surface area contributed by atoms with E-state index in [0.29, 0.717) is 20.9 Å². The molecule has 3 aromatic rings. The van der Waals surface area contributed by atoms with Crippen molar-refractivity contribution in [3.05, 3.63) is 87.9 Å². The third-order valence-corrected chi connectivity index (χ3v) is 5.10. The van der Waals surface area contributed by atoms with Crippen molar-refractivity contribution in [2.75, 3.05) is 9.80 Å². The molecule has 0 saturated carbocycles. The molecule has 2 aromatic carbocycles. The van der Waals surface area contributed by atoms with Gasteiger partial charge in [-0.25, -0.2) is 0 Å². The van der Waals surface area contributed by atoms with Gasteiger partial charge in [0.2, 0.25) is 0 Å². The fourth-order valence-corrected chi connectivity index (χ4v) is 3.70. The van der Waals surface area contributed by atoms with Crippen LogP contribution in [-0.2, 0) is 9.59 Å². The SMILES string of the molecule is O=C1C(=Cc2ccc(I)o2)C(=O)N(c2ccccc2)C(=S)N1c1ccccc1. The highest BCUT2D eigenvalue weighted by Gasteiger charge is 2.41. The van der Waals surface area contributed by atoms with Gasteiger partial charge in [-0.3, -0.25) is 19.4 Å². The van der Waals surface area contributed by atoms with E-state index in [1.807, 2.05) is 59.0 Å². The van der Waals surface area contributed by atoms with Crippen molar-refractivity contribution < 1.29 is 14.0 Å². The summed E-state index contributed by atoms with van der Waals surface area (Å²) < 4.78 is 6.19. The molecule has 0 N–H and O–H groups in total. The monoisotopic (exact) mass is 500 g/mol. The second kappa shape index (κ2) is 7.69. The highest BCUT2D eigenvalue weighted by Crippen LogP contribution is 2.29. The van der Waals surface area contributed by atoms with E-state index in [4.69, 9.17) is 16.6 Å². The number of benzene rings is 2. The Morgan fingerprint density at radius 2 is 1.29 bits per heavy atom. The van der Waals surface area contributed by atoms with E-state index in [1.54, 1.807) is 36.4 Å². The summed E-state index contributed by atoms with van der Waals surface area (Å²) in [7, 11) is 0. The number of hydrogen-bond acceptors (Lipinski definition) is 4. The maximum Gasteiger partial charge on any atom is 0.270 e. The standard InChI is InChI=1S/C21H13IN2O3S/c22-18-12-11-16(27-18)13-17-19(25)23(14-7-3-1-4-8-14)21(28)24(20(17)26)15-9-5-2-6-10-15/h1-13H. The van der Waals surface area contributed by atoms with Gasteiger partial charge >= 0.3 is 0 Å². The highest BCUT2D eigenvalue weighted by molar-refractivity contribution is 14.1. The number of anilines is 2. The first-order chi connectivity index (χ1) is 13.6. The van der Waals surface area contributed by atoms with Gasteiger partial charge in [0, 0.05) is 0 Å².